The highest BCUT2D eigenvalue weighted by Crippen LogP contribution is 2.55. The van der Waals surface area contributed by atoms with Gasteiger partial charge in [-0.2, -0.15) is 5.10 Å². The largest absolute Gasteiger partial charge is 0.377 e. The Bertz CT molecular complexity index is 766. The van der Waals surface area contributed by atoms with Crippen molar-refractivity contribution in [1.82, 2.24) is 5.01 Å². The first-order chi connectivity index (χ1) is 14.0. The molecule has 0 spiro atoms. The Balaban J connectivity index is 1.64. The number of allylic oxidation sites excluding steroid dienone is 4. The van der Waals surface area contributed by atoms with Gasteiger partial charge in [0, 0.05) is 33.3 Å². The van der Waals surface area contributed by atoms with E-state index < -0.39 is 0 Å². The predicted molar refractivity (Wildman–Crippen MR) is 119 cm³/mol. The van der Waals surface area contributed by atoms with Crippen LogP contribution in [0, 0.1) is 17.3 Å². The van der Waals surface area contributed by atoms with Gasteiger partial charge in [-0.15, -0.1) is 0 Å². The van der Waals surface area contributed by atoms with E-state index in [2.05, 4.69) is 36.3 Å². The molecule has 0 saturated heterocycles. The smallest absolute Gasteiger partial charge is 0.143 e. The fraction of sp³-hybridized carbons (Fsp3) is 0.520. The van der Waals surface area contributed by atoms with Crippen LogP contribution in [-0.2, 0) is 16.1 Å². The molecule has 0 heterocycles. The van der Waals surface area contributed by atoms with Gasteiger partial charge in [0.05, 0.1) is 12.0 Å². The van der Waals surface area contributed by atoms with Crippen LogP contribution in [0.2, 0.25) is 0 Å². The highest BCUT2D eigenvalue weighted by atomic mass is 16.5. The van der Waals surface area contributed by atoms with Gasteiger partial charge in [-0.25, -0.2) is 0 Å². The maximum absolute atomic E-state index is 13.3. The van der Waals surface area contributed by atoms with E-state index in [0.717, 1.165) is 25.7 Å². The van der Waals surface area contributed by atoms with Gasteiger partial charge in [-0.1, -0.05) is 49.4 Å². The molecule has 0 aromatic heterocycles. The summed E-state index contributed by atoms with van der Waals surface area (Å²) in [6, 6.07) is 10.2. The number of carbonyl (C=O) groups is 1. The number of rotatable bonds is 9. The molecule has 1 aromatic carbocycles. The van der Waals surface area contributed by atoms with Crippen molar-refractivity contribution in [2.45, 2.75) is 45.6 Å². The van der Waals surface area contributed by atoms with Crippen molar-refractivity contribution >= 4 is 12.0 Å². The normalized spacial score (nSPS) is 26.9. The Kier molecular flexibility index (Phi) is 7.43. The quantitative estimate of drug-likeness (QED) is 0.335. The van der Waals surface area contributed by atoms with Gasteiger partial charge in [0.2, 0.25) is 0 Å². The van der Waals surface area contributed by atoms with E-state index in [-0.39, 0.29) is 5.41 Å². The molecular weight excluding hydrogens is 360 g/mol. The zero-order valence-corrected chi connectivity index (χ0v) is 18.0. The first kappa shape index (κ1) is 21.5. The fourth-order valence-electron chi connectivity index (χ4n) is 4.88. The molecule has 156 valence electrons. The van der Waals surface area contributed by atoms with Gasteiger partial charge in [0.25, 0.3) is 0 Å². The number of hydrogen-bond acceptors (Lipinski definition) is 4. The Labute approximate surface area is 175 Å². The second-order valence-electron chi connectivity index (χ2n) is 8.64. The van der Waals surface area contributed by atoms with Gasteiger partial charge in [0.15, 0.2) is 0 Å². The van der Waals surface area contributed by atoms with Gasteiger partial charge < -0.3 is 9.75 Å². The van der Waals surface area contributed by atoms with Crippen molar-refractivity contribution < 1.29 is 9.53 Å². The van der Waals surface area contributed by atoms with Crippen LogP contribution in [0.1, 0.15) is 44.6 Å². The molecule has 0 N–H and O–H groups in total. The van der Waals surface area contributed by atoms with E-state index in [1.807, 2.05) is 38.4 Å². The van der Waals surface area contributed by atoms with E-state index in [1.165, 1.54) is 11.1 Å². The Morgan fingerprint density at radius 1 is 1.28 bits per heavy atom. The predicted octanol–water partition coefficient (Wildman–Crippen LogP) is 5.02. The molecule has 29 heavy (non-hydrogen) atoms. The summed E-state index contributed by atoms with van der Waals surface area (Å²) in [7, 11) is 3.80. The standard InChI is InChI=1S/C25H34N2O2/c1-20-17-23-13-12-22(11-7-15-26-27(2)3)25(23,24(28)18-20)14-8-16-29-19-21-9-5-4-6-10-21/h4-7,9-12,15,20,23H,8,13-14,16-19H2,1-3H3/b11-7+,26-15-/t20-,23?,25-/m1/s1. The minimum atomic E-state index is -0.328. The number of ketones is 1. The van der Waals surface area contributed by atoms with Gasteiger partial charge in [-0.3, -0.25) is 4.79 Å². The van der Waals surface area contributed by atoms with Crippen LogP contribution >= 0.6 is 0 Å². The van der Waals surface area contributed by atoms with E-state index >= 15 is 0 Å². The number of hydrogen-bond donors (Lipinski definition) is 0. The highest BCUT2D eigenvalue weighted by molar-refractivity contribution is 5.91. The van der Waals surface area contributed by atoms with E-state index in [4.69, 9.17) is 4.74 Å². The van der Waals surface area contributed by atoms with Gasteiger partial charge in [0.1, 0.15) is 5.78 Å². The molecule has 1 aromatic rings. The number of fused-ring (bicyclic) bond motifs is 1. The van der Waals surface area contributed by atoms with Crippen LogP contribution in [0.25, 0.3) is 0 Å². The number of ether oxygens (including phenoxy) is 1. The molecule has 3 atom stereocenters. The highest BCUT2D eigenvalue weighted by Gasteiger charge is 2.52. The number of Topliss-reactive ketones (excluding diaryl/α,β-unsaturated/α-hetero) is 1. The third-order valence-electron chi connectivity index (χ3n) is 6.18. The van der Waals surface area contributed by atoms with Crippen LogP contribution in [0.4, 0.5) is 0 Å². The number of hydrazone groups is 1. The molecule has 0 aliphatic heterocycles. The summed E-state index contributed by atoms with van der Waals surface area (Å²) >= 11 is 0. The molecule has 3 rings (SSSR count). The molecule has 1 unspecified atom stereocenters. The molecule has 2 aliphatic rings. The van der Waals surface area contributed by atoms with Gasteiger partial charge >= 0.3 is 0 Å². The van der Waals surface area contributed by atoms with Crippen molar-refractivity contribution in [3.63, 3.8) is 0 Å². The maximum atomic E-state index is 13.3. The van der Waals surface area contributed by atoms with Crippen molar-refractivity contribution in [3.8, 4) is 0 Å². The summed E-state index contributed by atoms with van der Waals surface area (Å²) < 4.78 is 5.90. The molecular formula is C25H34N2O2. The molecule has 2 aliphatic carbocycles. The zero-order valence-electron chi connectivity index (χ0n) is 18.0. The van der Waals surface area contributed by atoms with Crippen LogP contribution in [0.5, 0.6) is 0 Å². The lowest BCUT2D eigenvalue weighted by molar-refractivity contribution is -0.134. The number of nitrogens with zero attached hydrogens (tertiary/aromatic N) is 2. The van der Waals surface area contributed by atoms with E-state index in [9.17, 15) is 4.79 Å². The lowest BCUT2D eigenvalue weighted by Gasteiger charge is -2.42. The fourth-order valence-corrected chi connectivity index (χ4v) is 4.88. The van der Waals surface area contributed by atoms with Crippen LogP contribution < -0.4 is 0 Å². The van der Waals surface area contributed by atoms with Crippen LogP contribution in [-0.4, -0.2) is 37.7 Å². The van der Waals surface area contributed by atoms with Crippen molar-refractivity contribution in [1.29, 1.82) is 0 Å². The monoisotopic (exact) mass is 394 g/mol. The SMILES string of the molecule is C[C@H]1CC(=O)[C@]2(CCCOCc3ccccc3)C(/C=C/C=N\N(C)C)=CCC2C1. The summed E-state index contributed by atoms with van der Waals surface area (Å²) in [4.78, 5) is 13.3. The Morgan fingerprint density at radius 2 is 2.07 bits per heavy atom. The van der Waals surface area contributed by atoms with Gasteiger partial charge in [-0.05, 0) is 54.7 Å². The average Bonchev–Trinajstić information content (AvgIpc) is 3.04. The Morgan fingerprint density at radius 3 is 2.83 bits per heavy atom. The van der Waals surface area contributed by atoms with E-state index in [1.54, 1.807) is 11.2 Å². The van der Waals surface area contributed by atoms with Crippen LogP contribution in [0.15, 0.2) is 59.2 Å². The second kappa shape index (κ2) is 10.0. The number of carbonyl (C=O) groups excluding carboxylic acids is 1. The molecule has 4 nitrogen and oxygen atoms in total. The molecule has 1 fully saturated rings. The lowest BCUT2D eigenvalue weighted by Crippen LogP contribution is -2.43. The van der Waals surface area contributed by atoms with Crippen LogP contribution in [0.3, 0.4) is 0 Å². The summed E-state index contributed by atoms with van der Waals surface area (Å²) in [6.07, 6.45) is 12.8. The number of benzene rings is 1. The van der Waals surface area contributed by atoms with E-state index in [0.29, 0.717) is 37.3 Å². The summed E-state index contributed by atoms with van der Waals surface area (Å²) in [5.74, 6) is 1.34. The summed E-state index contributed by atoms with van der Waals surface area (Å²) in [5, 5.41) is 6.02. The summed E-state index contributed by atoms with van der Waals surface area (Å²) in [5.41, 5.74) is 2.05. The average molecular weight is 395 g/mol. The molecule has 1 saturated carbocycles. The minimum absolute atomic E-state index is 0.328. The molecule has 4 heteroatoms. The van der Waals surface area contributed by atoms with Crippen molar-refractivity contribution in [3.05, 3.63) is 59.7 Å². The topological polar surface area (TPSA) is 41.9 Å². The second-order valence-corrected chi connectivity index (χ2v) is 8.64. The lowest BCUT2D eigenvalue weighted by atomic mass is 9.60. The molecule has 0 amide bonds. The first-order valence-corrected chi connectivity index (χ1v) is 10.8. The summed E-state index contributed by atoms with van der Waals surface area (Å²) in [6.45, 7) is 3.53. The maximum Gasteiger partial charge on any atom is 0.143 e. The zero-order chi connectivity index (χ0) is 20.7. The van der Waals surface area contributed by atoms with Crippen molar-refractivity contribution in [2.24, 2.45) is 22.4 Å². The first-order valence-electron chi connectivity index (χ1n) is 10.8. The third kappa shape index (κ3) is 5.24. The van der Waals surface area contributed by atoms with Crippen molar-refractivity contribution in [2.75, 3.05) is 20.7 Å². The Hall–Kier alpha value is -2.20. The molecule has 0 radical (unpaired) electrons. The molecule has 0 bridgehead atoms. The third-order valence-corrected chi connectivity index (χ3v) is 6.18. The minimum Gasteiger partial charge on any atom is -0.377 e.